The molecular formula is C15H15N3O3S2. The van der Waals surface area contributed by atoms with E-state index in [1.165, 1.54) is 11.3 Å². The van der Waals surface area contributed by atoms with Crippen LogP contribution in [0.15, 0.2) is 22.9 Å². The SMILES string of the molecule is CN1C[C@]2(CCN(C(=O)c3csc(-c4cccs4)n3)C2)OC1=O. The van der Waals surface area contributed by atoms with Crippen molar-refractivity contribution in [2.24, 2.45) is 0 Å². The molecule has 2 aliphatic rings. The number of likely N-dealkylation sites (tertiary alicyclic amines) is 1. The van der Waals surface area contributed by atoms with Crippen LogP contribution in [0.5, 0.6) is 0 Å². The first kappa shape index (κ1) is 14.6. The van der Waals surface area contributed by atoms with Gasteiger partial charge in [-0.05, 0) is 11.4 Å². The number of ether oxygens (including phenoxy) is 1. The van der Waals surface area contributed by atoms with E-state index < -0.39 is 5.60 Å². The molecule has 1 spiro atoms. The maximum Gasteiger partial charge on any atom is 0.410 e. The van der Waals surface area contributed by atoms with Crippen molar-refractivity contribution in [3.8, 4) is 9.88 Å². The van der Waals surface area contributed by atoms with Crippen LogP contribution in [0.3, 0.4) is 0 Å². The Morgan fingerprint density at radius 1 is 1.39 bits per heavy atom. The number of thiazole rings is 1. The molecular weight excluding hydrogens is 334 g/mol. The van der Waals surface area contributed by atoms with E-state index in [4.69, 9.17) is 4.74 Å². The molecule has 0 unspecified atom stereocenters. The van der Waals surface area contributed by atoms with Gasteiger partial charge in [0, 0.05) is 25.4 Å². The second-order valence-corrected chi connectivity index (χ2v) is 7.70. The van der Waals surface area contributed by atoms with Crippen molar-refractivity contribution >= 4 is 34.7 Å². The van der Waals surface area contributed by atoms with Crippen molar-refractivity contribution in [1.29, 1.82) is 0 Å². The fraction of sp³-hybridized carbons (Fsp3) is 0.400. The third-order valence-electron chi connectivity index (χ3n) is 4.20. The molecule has 23 heavy (non-hydrogen) atoms. The molecule has 0 N–H and O–H groups in total. The molecule has 8 heteroatoms. The number of thiophene rings is 1. The van der Waals surface area contributed by atoms with Crippen LogP contribution in [0.4, 0.5) is 4.79 Å². The van der Waals surface area contributed by atoms with Crippen molar-refractivity contribution in [3.63, 3.8) is 0 Å². The smallest absolute Gasteiger partial charge is 0.410 e. The normalized spacial score (nSPS) is 23.8. The number of nitrogens with zero attached hydrogens (tertiary/aromatic N) is 3. The van der Waals surface area contributed by atoms with Crippen molar-refractivity contribution < 1.29 is 14.3 Å². The molecule has 0 bridgehead atoms. The van der Waals surface area contributed by atoms with Crippen LogP contribution >= 0.6 is 22.7 Å². The molecule has 2 aromatic rings. The maximum atomic E-state index is 12.7. The molecule has 2 aromatic heterocycles. The number of rotatable bonds is 2. The average molecular weight is 349 g/mol. The van der Waals surface area contributed by atoms with Gasteiger partial charge in [0.15, 0.2) is 5.60 Å². The Hall–Kier alpha value is -1.93. The zero-order valence-corrected chi connectivity index (χ0v) is 14.2. The summed E-state index contributed by atoms with van der Waals surface area (Å²) in [5, 5.41) is 4.66. The van der Waals surface area contributed by atoms with E-state index in [-0.39, 0.29) is 12.0 Å². The van der Waals surface area contributed by atoms with Gasteiger partial charge in [-0.1, -0.05) is 6.07 Å². The lowest BCUT2D eigenvalue weighted by atomic mass is 10.0. The monoisotopic (exact) mass is 349 g/mol. The highest BCUT2D eigenvalue weighted by atomic mass is 32.1. The first-order valence-electron chi connectivity index (χ1n) is 7.29. The number of hydrogen-bond acceptors (Lipinski definition) is 6. The number of aromatic nitrogens is 1. The molecule has 0 saturated carbocycles. The van der Waals surface area contributed by atoms with Gasteiger partial charge in [0.2, 0.25) is 0 Å². The Morgan fingerprint density at radius 3 is 2.96 bits per heavy atom. The molecule has 2 fully saturated rings. The summed E-state index contributed by atoms with van der Waals surface area (Å²) in [6, 6.07) is 3.97. The third-order valence-corrected chi connectivity index (χ3v) is 6.08. The van der Waals surface area contributed by atoms with Gasteiger partial charge >= 0.3 is 6.09 Å². The maximum absolute atomic E-state index is 12.7. The quantitative estimate of drug-likeness (QED) is 0.836. The van der Waals surface area contributed by atoms with Gasteiger partial charge in [-0.3, -0.25) is 4.79 Å². The first-order chi connectivity index (χ1) is 11.1. The molecule has 4 heterocycles. The zero-order valence-electron chi connectivity index (χ0n) is 12.5. The van der Waals surface area contributed by atoms with Gasteiger partial charge in [-0.25, -0.2) is 9.78 Å². The lowest BCUT2D eigenvalue weighted by molar-refractivity contribution is 0.0551. The minimum Gasteiger partial charge on any atom is -0.439 e. The largest absolute Gasteiger partial charge is 0.439 e. The summed E-state index contributed by atoms with van der Waals surface area (Å²) in [5.74, 6) is -0.0912. The summed E-state index contributed by atoms with van der Waals surface area (Å²) in [6.07, 6.45) is 0.365. The van der Waals surface area contributed by atoms with E-state index in [1.807, 2.05) is 17.5 Å². The second-order valence-electron chi connectivity index (χ2n) is 5.90. The predicted molar refractivity (Wildman–Crippen MR) is 87.8 cm³/mol. The van der Waals surface area contributed by atoms with E-state index >= 15 is 0 Å². The van der Waals surface area contributed by atoms with Crippen LogP contribution in [0.2, 0.25) is 0 Å². The summed E-state index contributed by atoms with van der Waals surface area (Å²) in [6.45, 7) is 1.56. The molecule has 120 valence electrons. The van der Waals surface area contributed by atoms with Crippen LogP contribution in [-0.2, 0) is 4.74 Å². The van der Waals surface area contributed by atoms with Crippen LogP contribution in [-0.4, -0.2) is 59.1 Å². The average Bonchev–Trinajstić information content (AvgIpc) is 3.28. The van der Waals surface area contributed by atoms with Crippen molar-refractivity contribution in [3.05, 3.63) is 28.6 Å². The highest BCUT2D eigenvalue weighted by molar-refractivity contribution is 7.20. The molecule has 2 saturated heterocycles. The predicted octanol–water partition coefficient (Wildman–Crippen LogP) is 2.54. The Balaban J connectivity index is 1.49. The molecule has 4 rings (SSSR count). The van der Waals surface area contributed by atoms with Gasteiger partial charge in [0.05, 0.1) is 18.0 Å². The minimum absolute atomic E-state index is 0.0912. The summed E-state index contributed by atoms with van der Waals surface area (Å²) >= 11 is 3.09. The van der Waals surface area contributed by atoms with E-state index in [2.05, 4.69) is 4.98 Å². The topological polar surface area (TPSA) is 62.7 Å². The summed E-state index contributed by atoms with van der Waals surface area (Å²) in [5.41, 5.74) is -0.0817. The van der Waals surface area contributed by atoms with E-state index in [1.54, 1.807) is 33.6 Å². The number of carbonyl (C=O) groups is 2. The highest BCUT2D eigenvalue weighted by Gasteiger charge is 2.49. The second kappa shape index (κ2) is 5.31. The van der Waals surface area contributed by atoms with Crippen molar-refractivity contribution in [2.75, 3.05) is 26.7 Å². The van der Waals surface area contributed by atoms with Gasteiger partial charge in [-0.15, -0.1) is 22.7 Å². The van der Waals surface area contributed by atoms with Crippen molar-refractivity contribution in [1.82, 2.24) is 14.8 Å². The Kier molecular flexibility index (Phi) is 3.38. The van der Waals surface area contributed by atoms with Gasteiger partial charge < -0.3 is 14.5 Å². The summed E-state index contributed by atoms with van der Waals surface area (Å²) in [4.78, 5) is 33.1. The van der Waals surface area contributed by atoms with E-state index in [9.17, 15) is 9.59 Å². The summed E-state index contributed by atoms with van der Waals surface area (Å²) in [7, 11) is 1.72. The van der Waals surface area contributed by atoms with E-state index in [0.29, 0.717) is 31.7 Å². The Morgan fingerprint density at radius 2 is 2.26 bits per heavy atom. The highest BCUT2D eigenvalue weighted by Crippen LogP contribution is 2.33. The zero-order chi connectivity index (χ0) is 16.0. The fourth-order valence-corrected chi connectivity index (χ4v) is 4.68. The van der Waals surface area contributed by atoms with Crippen LogP contribution in [0.25, 0.3) is 9.88 Å². The molecule has 0 aromatic carbocycles. The molecule has 2 aliphatic heterocycles. The Labute approximate surface area is 141 Å². The molecule has 6 nitrogen and oxygen atoms in total. The Bertz CT molecular complexity index is 758. The minimum atomic E-state index is -0.548. The van der Waals surface area contributed by atoms with Gasteiger partial charge in [-0.2, -0.15) is 0 Å². The standard InChI is InChI=1S/C15H15N3O3S2/c1-17-8-15(21-14(17)20)4-5-18(9-15)13(19)10-7-23-12(16-10)11-3-2-6-22-11/h2-3,6-7H,4-5,8-9H2,1H3/t15-/m0/s1. The van der Waals surface area contributed by atoms with Crippen molar-refractivity contribution in [2.45, 2.75) is 12.0 Å². The number of hydrogen-bond donors (Lipinski definition) is 0. The van der Waals surface area contributed by atoms with Crippen LogP contribution in [0.1, 0.15) is 16.9 Å². The van der Waals surface area contributed by atoms with E-state index in [0.717, 1.165) is 9.88 Å². The van der Waals surface area contributed by atoms with Gasteiger partial charge in [0.25, 0.3) is 5.91 Å². The van der Waals surface area contributed by atoms with Gasteiger partial charge in [0.1, 0.15) is 10.7 Å². The molecule has 1 atom stereocenters. The van der Waals surface area contributed by atoms with Crippen LogP contribution < -0.4 is 0 Å². The molecule has 0 radical (unpaired) electrons. The summed E-state index contributed by atoms with van der Waals surface area (Å²) < 4.78 is 5.48. The molecule has 2 amide bonds. The molecule has 0 aliphatic carbocycles. The number of likely N-dealkylation sites (N-methyl/N-ethyl adjacent to an activating group) is 1. The number of amides is 2. The fourth-order valence-electron chi connectivity index (χ4n) is 3.07. The lowest BCUT2D eigenvalue weighted by Crippen LogP contribution is -2.39. The number of carbonyl (C=O) groups excluding carboxylic acids is 2. The van der Waals surface area contributed by atoms with Crippen LogP contribution in [0, 0.1) is 0 Å². The first-order valence-corrected chi connectivity index (χ1v) is 9.05. The third kappa shape index (κ3) is 2.51. The lowest BCUT2D eigenvalue weighted by Gasteiger charge is -2.21.